The fourth-order valence-corrected chi connectivity index (χ4v) is 5.03. The Bertz CT molecular complexity index is 1360. The van der Waals surface area contributed by atoms with Crippen LogP contribution in [0.25, 0.3) is 21.2 Å². The van der Waals surface area contributed by atoms with E-state index in [1.807, 2.05) is 12.1 Å². The Hall–Kier alpha value is -3.10. The SMILES string of the molecule is COc1ccc(Cl)c2sc(N3CCN(C(=O)c4cc5ccccc5oc4=O)CC3)nc12. The van der Waals surface area contributed by atoms with E-state index in [4.69, 9.17) is 25.7 Å². The molecule has 9 heteroatoms. The molecule has 31 heavy (non-hydrogen) atoms. The first kappa shape index (κ1) is 19.8. The van der Waals surface area contributed by atoms with Crippen molar-refractivity contribution >= 4 is 55.2 Å². The maximum atomic E-state index is 13.0. The van der Waals surface area contributed by atoms with Crippen molar-refractivity contribution in [3.63, 3.8) is 0 Å². The number of para-hydroxylation sites is 1. The first-order chi connectivity index (χ1) is 15.0. The van der Waals surface area contributed by atoms with Gasteiger partial charge in [-0.2, -0.15) is 0 Å². The number of hydrogen-bond acceptors (Lipinski definition) is 7. The molecule has 2 aromatic heterocycles. The van der Waals surface area contributed by atoms with Crippen LogP contribution in [-0.2, 0) is 0 Å². The number of ether oxygens (including phenoxy) is 1. The highest BCUT2D eigenvalue weighted by atomic mass is 35.5. The number of amides is 1. The van der Waals surface area contributed by atoms with Crippen LogP contribution in [0.3, 0.4) is 0 Å². The Labute approximate surface area is 186 Å². The molecule has 0 radical (unpaired) electrons. The van der Waals surface area contributed by atoms with Gasteiger partial charge in [0.15, 0.2) is 5.13 Å². The Morgan fingerprint density at radius 1 is 1.16 bits per heavy atom. The van der Waals surface area contributed by atoms with Gasteiger partial charge in [-0.1, -0.05) is 41.1 Å². The van der Waals surface area contributed by atoms with Gasteiger partial charge in [0.2, 0.25) is 0 Å². The predicted octanol–water partition coefficient (Wildman–Crippen LogP) is 4.03. The van der Waals surface area contributed by atoms with E-state index in [2.05, 4.69) is 4.90 Å². The van der Waals surface area contributed by atoms with E-state index in [9.17, 15) is 9.59 Å². The lowest BCUT2D eigenvalue weighted by Gasteiger charge is -2.34. The maximum Gasteiger partial charge on any atom is 0.349 e. The fourth-order valence-electron chi connectivity index (χ4n) is 3.72. The number of halogens is 1. The van der Waals surface area contributed by atoms with Gasteiger partial charge in [0.05, 0.1) is 16.8 Å². The lowest BCUT2D eigenvalue weighted by Crippen LogP contribution is -2.49. The van der Waals surface area contributed by atoms with Crippen molar-refractivity contribution in [2.75, 3.05) is 38.2 Å². The van der Waals surface area contributed by atoms with Crippen LogP contribution in [-0.4, -0.2) is 49.1 Å². The minimum Gasteiger partial charge on any atom is -0.494 e. The highest BCUT2D eigenvalue weighted by molar-refractivity contribution is 7.22. The van der Waals surface area contributed by atoms with Crippen LogP contribution in [0, 0.1) is 0 Å². The molecule has 0 unspecified atom stereocenters. The van der Waals surface area contributed by atoms with Crippen LogP contribution in [0.2, 0.25) is 5.02 Å². The molecule has 0 aliphatic carbocycles. The van der Waals surface area contributed by atoms with Crippen LogP contribution in [0.5, 0.6) is 5.75 Å². The molecule has 1 amide bonds. The number of methoxy groups -OCH3 is 1. The van der Waals surface area contributed by atoms with E-state index < -0.39 is 5.63 Å². The Balaban J connectivity index is 1.35. The normalized spacial score (nSPS) is 14.4. The fraction of sp³-hybridized carbons (Fsp3) is 0.227. The summed E-state index contributed by atoms with van der Waals surface area (Å²) in [5.74, 6) is 0.368. The second kappa shape index (κ2) is 7.86. The summed E-state index contributed by atoms with van der Waals surface area (Å²) in [6.45, 7) is 2.16. The van der Waals surface area contributed by atoms with Crippen LogP contribution in [0.15, 0.2) is 51.7 Å². The van der Waals surface area contributed by atoms with E-state index in [0.29, 0.717) is 42.5 Å². The number of anilines is 1. The molecule has 1 fully saturated rings. The smallest absolute Gasteiger partial charge is 0.349 e. The first-order valence-electron chi connectivity index (χ1n) is 9.75. The van der Waals surface area contributed by atoms with Crippen molar-refractivity contribution in [2.24, 2.45) is 0 Å². The van der Waals surface area contributed by atoms with Crippen LogP contribution in [0.1, 0.15) is 10.4 Å². The molecular formula is C22H18ClN3O4S. The zero-order chi connectivity index (χ0) is 21.5. The first-order valence-corrected chi connectivity index (χ1v) is 10.9. The molecule has 5 rings (SSSR count). The van der Waals surface area contributed by atoms with E-state index in [0.717, 1.165) is 20.7 Å². The van der Waals surface area contributed by atoms with Gasteiger partial charge in [0, 0.05) is 31.6 Å². The van der Waals surface area contributed by atoms with Crippen molar-refractivity contribution in [2.45, 2.75) is 0 Å². The zero-order valence-electron chi connectivity index (χ0n) is 16.6. The third kappa shape index (κ3) is 3.51. The average Bonchev–Trinajstić information content (AvgIpc) is 3.25. The third-order valence-corrected chi connectivity index (χ3v) is 6.95. The van der Waals surface area contributed by atoms with Crippen molar-refractivity contribution in [1.29, 1.82) is 0 Å². The summed E-state index contributed by atoms with van der Waals surface area (Å²) in [6, 6.07) is 12.4. The molecule has 1 aliphatic heterocycles. The van der Waals surface area contributed by atoms with Gasteiger partial charge in [0.25, 0.3) is 5.91 Å². The summed E-state index contributed by atoms with van der Waals surface area (Å²) < 4.78 is 11.6. The second-order valence-corrected chi connectivity index (χ2v) is 8.57. The molecule has 158 valence electrons. The number of hydrogen-bond donors (Lipinski definition) is 0. The number of aromatic nitrogens is 1. The molecule has 2 aromatic carbocycles. The Morgan fingerprint density at radius 3 is 2.71 bits per heavy atom. The van der Waals surface area contributed by atoms with E-state index in [1.54, 1.807) is 42.3 Å². The average molecular weight is 456 g/mol. The number of carbonyl (C=O) groups is 1. The molecule has 7 nitrogen and oxygen atoms in total. The minimum atomic E-state index is -0.612. The van der Waals surface area contributed by atoms with Crippen LogP contribution in [0.4, 0.5) is 5.13 Å². The number of fused-ring (bicyclic) bond motifs is 2. The van der Waals surface area contributed by atoms with Gasteiger partial charge in [0.1, 0.15) is 22.4 Å². The van der Waals surface area contributed by atoms with Crippen molar-refractivity contribution < 1.29 is 13.9 Å². The molecule has 1 aliphatic rings. The van der Waals surface area contributed by atoms with Crippen molar-refractivity contribution in [1.82, 2.24) is 9.88 Å². The van der Waals surface area contributed by atoms with Gasteiger partial charge >= 0.3 is 5.63 Å². The molecular weight excluding hydrogens is 438 g/mol. The predicted molar refractivity (Wildman–Crippen MR) is 122 cm³/mol. The molecule has 0 N–H and O–H groups in total. The highest BCUT2D eigenvalue weighted by Gasteiger charge is 2.27. The van der Waals surface area contributed by atoms with Gasteiger partial charge in [-0.05, 0) is 24.3 Å². The molecule has 3 heterocycles. The van der Waals surface area contributed by atoms with Crippen LogP contribution < -0.4 is 15.3 Å². The minimum absolute atomic E-state index is 0.0589. The molecule has 0 bridgehead atoms. The monoisotopic (exact) mass is 455 g/mol. The second-order valence-electron chi connectivity index (χ2n) is 7.19. The van der Waals surface area contributed by atoms with Gasteiger partial charge in [-0.15, -0.1) is 0 Å². The Kier molecular flexibility index (Phi) is 5.03. The lowest BCUT2D eigenvalue weighted by molar-refractivity contribution is 0.0742. The number of carbonyl (C=O) groups excluding carboxylic acids is 1. The standard InChI is InChI=1S/C22H18ClN3O4S/c1-29-17-7-6-15(23)19-18(17)24-22(31-19)26-10-8-25(9-11-26)20(27)14-12-13-4-2-3-5-16(13)30-21(14)28/h2-7,12H,8-11H2,1H3. The molecule has 0 atom stereocenters. The molecule has 1 saturated heterocycles. The summed E-state index contributed by atoms with van der Waals surface area (Å²) >= 11 is 7.84. The van der Waals surface area contributed by atoms with Crippen molar-refractivity contribution in [3.8, 4) is 5.75 Å². The summed E-state index contributed by atoms with van der Waals surface area (Å²) in [6.07, 6.45) is 0. The lowest BCUT2D eigenvalue weighted by atomic mass is 10.1. The van der Waals surface area contributed by atoms with E-state index in [-0.39, 0.29) is 11.5 Å². The van der Waals surface area contributed by atoms with E-state index >= 15 is 0 Å². The van der Waals surface area contributed by atoms with Gasteiger partial charge in [-0.25, -0.2) is 9.78 Å². The summed E-state index contributed by atoms with van der Waals surface area (Å²) in [5, 5.41) is 2.19. The number of rotatable bonds is 3. The summed E-state index contributed by atoms with van der Waals surface area (Å²) in [7, 11) is 1.61. The van der Waals surface area contributed by atoms with Crippen LogP contribution >= 0.6 is 22.9 Å². The molecule has 0 saturated carbocycles. The third-order valence-electron chi connectivity index (χ3n) is 5.38. The molecule has 0 spiro atoms. The quantitative estimate of drug-likeness (QED) is 0.434. The number of nitrogens with zero attached hydrogens (tertiary/aromatic N) is 3. The van der Waals surface area contributed by atoms with Gasteiger partial charge in [-0.3, -0.25) is 4.79 Å². The summed E-state index contributed by atoms with van der Waals surface area (Å²) in [5.41, 5.74) is 0.656. The highest BCUT2D eigenvalue weighted by Crippen LogP contribution is 2.38. The van der Waals surface area contributed by atoms with Crippen molar-refractivity contribution in [3.05, 3.63) is 63.5 Å². The van der Waals surface area contributed by atoms with Gasteiger partial charge < -0.3 is 19.0 Å². The number of piperazine rings is 1. The van der Waals surface area contributed by atoms with E-state index in [1.165, 1.54) is 11.3 Å². The number of thiazole rings is 1. The molecule has 4 aromatic rings. The summed E-state index contributed by atoms with van der Waals surface area (Å²) in [4.78, 5) is 33.8. The Morgan fingerprint density at radius 2 is 1.94 bits per heavy atom. The zero-order valence-corrected chi connectivity index (χ0v) is 18.2. The maximum absolute atomic E-state index is 13.0. The largest absolute Gasteiger partial charge is 0.494 e. The topological polar surface area (TPSA) is 75.9 Å². The number of benzene rings is 2.